The van der Waals surface area contributed by atoms with Crippen molar-refractivity contribution in [3.63, 3.8) is 0 Å². The molecule has 0 heterocycles. The Hall–Kier alpha value is -4.16. The Morgan fingerprint density at radius 2 is 1.72 bits per heavy atom. The maximum atomic E-state index is 13.7. The Morgan fingerprint density at radius 1 is 1.05 bits per heavy atom. The monoisotopic (exact) mass is 611 g/mol. The lowest BCUT2D eigenvalue weighted by Crippen LogP contribution is -2.40. The molecule has 1 aliphatic carbocycles. The van der Waals surface area contributed by atoms with E-state index in [1.54, 1.807) is 31.4 Å². The maximum absolute atomic E-state index is 13.7. The zero-order valence-electron chi connectivity index (χ0n) is 24.1. The third-order valence-corrected chi connectivity index (χ3v) is 6.83. The summed E-state index contributed by atoms with van der Waals surface area (Å²) in [5, 5.41) is 9.75. The van der Waals surface area contributed by atoms with Gasteiger partial charge < -0.3 is 20.3 Å². The van der Waals surface area contributed by atoms with Gasteiger partial charge in [-0.15, -0.1) is 0 Å². The maximum Gasteiger partial charge on any atom is 0.490 e. The van der Waals surface area contributed by atoms with Gasteiger partial charge in [0, 0.05) is 6.42 Å². The Bertz CT molecular complexity index is 1260. The van der Waals surface area contributed by atoms with E-state index < -0.39 is 24.0 Å². The molecule has 0 unspecified atom stereocenters. The summed E-state index contributed by atoms with van der Waals surface area (Å²) >= 11 is 0. The van der Waals surface area contributed by atoms with Crippen LogP contribution in [0.1, 0.15) is 56.1 Å². The van der Waals surface area contributed by atoms with Crippen LogP contribution >= 0.6 is 0 Å². The number of hydrogen-bond donors (Lipinski definition) is 3. The summed E-state index contributed by atoms with van der Waals surface area (Å²) in [6, 6.07) is 11.2. The number of aryl methyl sites for hydroxylation is 1. The SMILES string of the molecule is COc1cccc(CC(=O)NC(N)=N[C@H](CC2CCCCC2)C(=O)CCc2ccc(F)c(OC)c2)c1.O=C(O)C(F)(F)F. The van der Waals surface area contributed by atoms with E-state index in [1.807, 2.05) is 12.1 Å². The number of alkyl halides is 3. The Kier molecular flexibility index (Phi) is 13.9. The zero-order chi connectivity index (χ0) is 32.0. The fourth-order valence-corrected chi connectivity index (χ4v) is 4.64. The van der Waals surface area contributed by atoms with Crippen LogP contribution in [0.5, 0.6) is 11.5 Å². The third-order valence-electron chi connectivity index (χ3n) is 6.83. The van der Waals surface area contributed by atoms with Crippen LogP contribution < -0.4 is 20.5 Å². The Labute approximate surface area is 247 Å². The van der Waals surface area contributed by atoms with Crippen LogP contribution in [0.15, 0.2) is 47.5 Å². The number of Topliss-reactive ketones (excluding diaryl/α,β-unsaturated/α-hetero) is 1. The van der Waals surface area contributed by atoms with Crippen molar-refractivity contribution in [1.29, 1.82) is 0 Å². The Balaban J connectivity index is 0.000000821. The summed E-state index contributed by atoms with van der Waals surface area (Å²) in [7, 11) is 2.98. The number of amides is 1. The van der Waals surface area contributed by atoms with Crippen molar-refractivity contribution < 1.29 is 46.5 Å². The first kappa shape index (κ1) is 35.0. The van der Waals surface area contributed by atoms with Gasteiger partial charge in [0.05, 0.1) is 20.6 Å². The molecule has 0 radical (unpaired) electrons. The van der Waals surface area contributed by atoms with Gasteiger partial charge in [-0.25, -0.2) is 14.2 Å². The number of ketones is 1. The number of guanidine groups is 1. The lowest BCUT2D eigenvalue weighted by Gasteiger charge is -2.24. The highest BCUT2D eigenvalue weighted by atomic mass is 19.4. The van der Waals surface area contributed by atoms with E-state index in [0.29, 0.717) is 24.5 Å². The van der Waals surface area contributed by atoms with Gasteiger partial charge in [-0.3, -0.25) is 14.9 Å². The molecular formula is C30H37F4N3O6. The van der Waals surface area contributed by atoms with Crippen molar-refractivity contribution in [2.45, 2.75) is 70.0 Å². The number of aliphatic imine (C=N–C) groups is 1. The average Bonchev–Trinajstić information content (AvgIpc) is 2.96. The van der Waals surface area contributed by atoms with E-state index in [1.165, 1.54) is 19.6 Å². The van der Waals surface area contributed by atoms with E-state index in [0.717, 1.165) is 36.8 Å². The molecule has 9 nitrogen and oxygen atoms in total. The van der Waals surface area contributed by atoms with Crippen LogP contribution in [0.3, 0.4) is 0 Å². The molecule has 0 aromatic heterocycles. The van der Waals surface area contributed by atoms with Crippen LogP contribution in [0.2, 0.25) is 0 Å². The molecular weight excluding hydrogens is 574 g/mol. The van der Waals surface area contributed by atoms with Crippen LogP contribution in [-0.2, 0) is 27.2 Å². The van der Waals surface area contributed by atoms with Crippen molar-refractivity contribution in [2.24, 2.45) is 16.6 Å². The van der Waals surface area contributed by atoms with Gasteiger partial charge >= 0.3 is 12.1 Å². The van der Waals surface area contributed by atoms with Gasteiger partial charge in [0.1, 0.15) is 11.8 Å². The van der Waals surface area contributed by atoms with Crippen molar-refractivity contribution in [3.8, 4) is 11.5 Å². The summed E-state index contributed by atoms with van der Waals surface area (Å²) in [5.41, 5.74) is 7.66. The van der Waals surface area contributed by atoms with Gasteiger partial charge in [-0.1, -0.05) is 50.3 Å². The number of aliphatic carboxylic acids is 1. The summed E-state index contributed by atoms with van der Waals surface area (Å²) < 4.78 is 55.7. The number of carboxylic acids is 1. The van der Waals surface area contributed by atoms with E-state index in [2.05, 4.69) is 10.3 Å². The van der Waals surface area contributed by atoms with Crippen molar-refractivity contribution in [1.82, 2.24) is 5.32 Å². The molecule has 1 amide bonds. The van der Waals surface area contributed by atoms with E-state index in [4.69, 9.17) is 25.1 Å². The molecule has 1 aliphatic rings. The number of nitrogens with two attached hydrogens (primary N) is 1. The number of benzene rings is 2. The second-order valence-corrected chi connectivity index (χ2v) is 10.1. The third kappa shape index (κ3) is 12.7. The molecule has 3 rings (SSSR count). The topological polar surface area (TPSA) is 140 Å². The first-order valence-corrected chi connectivity index (χ1v) is 13.7. The number of halogens is 4. The van der Waals surface area contributed by atoms with E-state index >= 15 is 0 Å². The molecule has 1 atom stereocenters. The molecule has 0 spiro atoms. The fraction of sp³-hybridized carbons (Fsp3) is 0.467. The zero-order valence-corrected chi connectivity index (χ0v) is 24.1. The molecule has 0 aliphatic heterocycles. The number of hydrogen-bond acceptors (Lipinski definition) is 6. The van der Waals surface area contributed by atoms with Gasteiger partial charge in [-0.2, -0.15) is 13.2 Å². The fourth-order valence-electron chi connectivity index (χ4n) is 4.64. The van der Waals surface area contributed by atoms with Gasteiger partial charge in [0.25, 0.3) is 0 Å². The number of nitrogens with one attached hydrogen (secondary N) is 1. The highest BCUT2D eigenvalue weighted by Gasteiger charge is 2.38. The van der Waals surface area contributed by atoms with Crippen molar-refractivity contribution in [3.05, 3.63) is 59.4 Å². The van der Waals surface area contributed by atoms with Gasteiger partial charge in [0.15, 0.2) is 23.3 Å². The lowest BCUT2D eigenvalue weighted by atomic mass is 9.83. The van der Waals surface area contributed by atoms with Crippen LogP contribution in [0, 0.1) is 11.7 Å². The minimum Gasteiger partial charge on any atom is -0.497 e. The minimum absolute atomic E-state index is 0.0474. The molecule has 0 bridgehead atoms. The highest BCUT2D eigenvalue weighted by Crippen LogP contribution is 2.29. The first-order valence-electron chi connectivity index (χ1n) is 13.7. The standard InChI is InChI=1S/C28H36FN3O4.C2HF3O2/c1-35-22-10-6-9-21(15-22)18-27(34)32-28(30)31-24(16-19-7-4-3-5-8-19)25(33)14-12-20-11-13-23(29)26(17-20)36-2;3-2(4,5)1(6)7/h6,9-11,13,15,17,19,24H,3-5,7-8,12,14,16,18H2,1-2H3,(H3,30,31,32,34);(H,6,7)/t24-;/m1./s1. The second-order valence-electron chi connectivity index (χ2n) is 10.1. The molecule has 2 aromatic carbocycles. The number of ether oxygens (including phenoxy) is 2. The minimum atomic E-state index is -5.08. The Morgan fingerprint density at radius 3 is 2.33 bits per heavy atom. The van der Waals surface area contributed by atoms with Crippen molar-refractivity contribution in [2.75, 3.05) is 14.2 Å². The van der Waals surface area contributed by atoms with Crippen molar-refractivity contribution >= 4 is 23.6 Å². The number of carbonyl (C=O) groups excluding carboxylic acids is 2. The molecule has 236 valence electrons. The number of carboxylic acid groups (broad SMARTS) is 1. The molecule has 1 fully saturated rings. The number of methoxy groups -OCH3 is 2. The van der Waals surface area contributed by atoms with E-state index in [-0.39, 0.29) is 36.2 Å². The van der Waals surface area contributed by atoms with Crippen LogP contribution in [0.4, 0.5) is 17.6 Å². The molecule has 4 N–H and O–H groups in total. The molecule has 13 heteroatoms. The van der Waals surface area contributed by atoms with E-state index in [9.17, 15) is 27.2 Å². The summed E-state index contributed by atoms with van der Waals surface area (Å²) in [6.07, 6.45) is 1.96. The largest absolute Gasteiger partial charge is 0.497 e. The highest BCUT2D eigenvalue weighted by molar-refractivity contribution is 5.98. The average molecular weight is 612 g/mol. The lowest BCUT2D eigenvalue weighted by molar-refractivity contribution is -0.192. The summed E-state index contributed by atoms with van der Waals surface area (Å²) in [4.78, 5) is 39.1. The molecule has 0 saturated heterocycles. The first-order chi connectivity index (χ1) is 20.3. The molecule has 2 aromatic rings. The predicted octanol–water partition coefficient (Wildman–Crippen LogP) is 4.99. The number of carbonyl (C=O) groups is 3. The smallest absolute Gasteiger partial charge is 0.490 e. The van der Waals surface area contributed by atoms with Crippen LogP contribution in [0.25, 0.3) is 0 Å². The quantitative estimate of drug-likeness (QED) is 0.185. The van der Waals surface area contributed by atoms with Crippen LogP contribution in [-0.4, -0.2) is 55.2 Å². The summed E-state index contributed by atoms with van der Waals surface area (Å²) in [5.74, 6) is -2.39. The predicted molar refractivity (Wildman–Crippen MR) is 151 cm³/mol. The summed E-state index contributed by atoms with van der Waals surface area (Å²) in [6.45, 7) is 0. The van der Waals surface area contributed by atoms with Gasteiger partial charge in [0.2, 0.25) is 5.91 Å². The number of nitrogens with zero attached hydrogens (tertiary/aromatic N) is 1. The van der Waals surface area contributed by atoms with Gasteiger partial charge in [-0.05, 0) is 54.2 Å². The number of rotatable bonds is 11. The normalized spacial score (nSPS) is 14.6. The molecule has 1 saturated carbocycles. The molecule has 43 heavy (non-hydrogen) atoms. The second kappa shape index (κ2) is 17.1.